The first-order valence-corrected chi connectivity index (χ1v) is 11.6. The Balaban J connectivity index is 1.73. The van der Waals surface area contributed by atoms with E-state index in [1.165, 1.54) is 29.6 Å². The van der Waals surface area contributed by atoms with E-state index >= 15 is 0 Å². The van der Waals surface area contributed by atoms with Crippen molar-refractivity contribution >= 4 is 23.0 Å². The van der Waals surface area contributed by atoms with Crippen LogP contribution in [0.2, 0.25) is 0 Å². The van der Waals surface area contributed by atoms with Crippen molar-refractivity contribution in [3.05, 3.63) is 71.8 Å². The minimum absolute atomic E-state index is 0.0158. The molecule has 9 heteroatoms. The summed E-state index contributed by atoms with van der Waals surface area (Å²) in [6.45, 7) is 7.71. The van der Waals surface area contributed by atoms with Gasteiger partial charge in [-0.25, -0.2) is 4.98 Å². The largest absolute Gasteiger partial charge is 0.508 e. The summed E-state index contributed by atoms with van der Waals surface area (Å²) < 4.78 is 0. The fourth-order valence-corrected chi connectivity index (χ4v) is 4.15. The van der Waals surface area contributed by atoms with Crippen molar-refractivity contribution in [1.82, 2.24) is 14.9 Å². The molecule has 0 saturated carbocycles. The first-order valence-electron chi connectivity index (χ1n) is 11.6. The van der Waals surface area contributed by atoms with E-state index in [0.717, 1.165) is 31.9 Å². The van der Waals surface area contributed by atoms with Gasteiger partial charge in [0.05, 0.1) is 11.8 Å². The number of piperazine rings is 1. The van der Waals surface area contributed by atoms with E-state index < -0.39 is 0 Å². The number of hydrogen-bond donors (Lipinski definition) is 4. The van der Waals surface area contributed by atoms with Crippen LogP contribution in [0.1, 0.15) is 36.6 Å². The zero-order valence-corrected chi connectivity index (χ0v) is 20.2. The van der Waals surface area contributed by atoms with Gasteiger partial charge in [0.25, 0.3) is 0 Å². The van der Waals surface area contributed by atoms with Crippen molar-refractivity contribution in [2.45, 2.75) is 19.8 Å². The number of phenols is 2. The predicted octanol–water partition coefficient (Wildman–Crippen LogP) is 3.62. The molecule has 0 unspecified atom stereocenters. The molecular formula is C26H31N7O2. The molecule has 1 fully saturated rings. The van der Waals surface area contributed by atoms with Gasteiger partial charge in [-0.1, -0.05) is 13.8 Å². The lowest BCUT2D eigenvalue weighted by atomic mass is 9.98. The number of amidine groups is 2. The summed E-state index contributed by atoms with van der Waals surface area (Å²) in [6.07, 6.45) is 4.49. The van der Waals surface area contributed by atoms with E-state index in [1.807, 2.05) is 38.1 Å². The Labute approximate surface area is 205 Å². The topological polar surface area (TPSA) is 124 Å². The number of nitrogens with zero attached hydrogens (tertiary/aromatic N) is 5. The maximum Gasteiger partial charge on any atom is 0.159 e. The van der Waals surface area contributed by atoms with E-state index in [0.29, 0.717) is 16.9 Å². The molecule has 0 aliphatic carbocycles. The highest BCUT2D eigenvalue weighted by Gasteiger charge is 2.25. The van der Waals surface area contributed by atoms with Crippen molar-refractivity contribution in [1.29, 1.82) is 10.8 Å². The minimum atomic E-state index is -0.233. The molecule has 0 amide bonds. The number of anilines is 2. The van der Waals surface area contributed by atoms with Gasteiger partial charge in [-0.05, 0) is 48.9 Å². The molecule has 1 saturated heterocycles. The van der Waals surface area contributed by atoms with Gasteiger partial charge < -0.3 is 20.0 Å². The van der Waals surface area contributed by atoms with Gasteiger partial charge in [-0.2, -0.15) is 0 Å². The third-order valence-electron chi connectivity index (χ3n) is 6.25. The highest BCUT2D eigenvalue weighted by molar-refractivity contribution is 6.27. The van der Waals surface area contributed by atoms with Crippen LogP contribution in [0.5, 0.6) is 11.5 Å². The van der Waals surface area contributed by atoms with E-state index in [1.54, 1.807) is 6.07 Å². The zero-order chi connectivity index (χ0) is 25.1. The lowest BCUT2D eigenvalue weighted by Gasteiger charge is -2.34. The quantitative estimate of drug-likeness (QED) is 0.330. The van der Waals surface area contributed by atoms with Gasteiger partial charge in [-0.3, -0.25) is 20.7 Å². The Morgan fingerprint density at radius 2 is 1.63 bits per heavy atom. The van der Waals surface area contributed by atoms with Gasteiger partial charge >= 0.3 is 0 Å². The number of aromatic nitrogens is 2. The SMILES string of the molecule is CC(C)c1cc(C(=N)N(C(=N)c2cnccn2)c2ccc(N3CCN(C)CC3)cc2)c(O)cc1O. The summed E-state index contributed by atoms with van der Waals surface area (Å²) in [7, 11) is 2.12. The molecule has 0 spiro atoms. The fourth-order valence-electron chi connectivity index (χ4n) is 4.15. The second-order valence-corrected chi connectivity index (χ2v) is 9.01. The van der Waals surface area contributed by atoms with Crippen LogP contribution in [-0.4, -0.2) is 70.0 Å². The molecule has 4 N–H and O–H groups in total. The van der Waals surface area contributed by atoms with Crippen LogP contribution in [0.3, 0.4) is 0 Å². The van der Waals surface area contributed by atoms with E-state index in [2.05, 4.69) is 26.8 Å². The Morgan fingerprint density at radius 1 is 0.943 bits per heavy atom. The summed E-state index contributed by atoms with van der Waals surface area (Å²) in [4.78, 5) is 14.3. The second-order valence-electron chi connectivity index (χ2n) is 9.01. The van der Waals surface area contributed by atoms with E-state index in [4.69, 9.17) is 10.8 Å². The lowest BCUT2D eigenvalue weighted by molar-refractivity contribution is 0.313. The van der Waals surface area contributed by atoms with Crippen molar-refractivity contribution in [2.24, 2.45) is 0 Å². The van der Waals surface area contributed by atoms with Crippen molar-refractivity contribution in [3.8, 4) is 11.5 Å². The molecule has 3 aromatic rings. The first kappa shape index (κ1) is 24.2. The fraction of sp³-hybridized carbons (Fsp3) is 0.308. The van der Waals surface area contributed by atoms with E-state index in [9.17, 15) is 10.2 Å². The molecule has 35 heavy (non-hydrogen) atoms. The lowest BCUT2D eigenvalue weighted by Crippen LogP contribution is -2.44. The molecule has 1 aliphatic rings. The molecular weight excluding hydrogens is 442 g/mol. The molecule has 1 aromatic heterocycles. The normalized spacial score (nSPS) is 14.2. The maximum absolute atomic E-state index is 10.6. The summed E-state index contributed by atoms with van der Waals surface area (Å²) in [5.74, 6) is -0.427. The number of nitrogens with one attached hydrogen (secondary N) is 2. The molecule has 9 nitrogen and oxygen atoms in total. The van der Waals surface area contributed by atoms with Crippen LogP contribution in [0.15, 0.2) is 55.0 Å². The van der Waals surface area contributed by atoms with Gasteiger partial charge in [0.2, 0.25) is 0 Å². The predicted molar refractivity (Wildman–Crippen MR) is 138 cm³/mol. The van der Waals surface area contributed by atoms with Crippen molar-refractivity contribution in [2.75, 3.05) is 43.0 Å². The molecule has 0 radical (unpaired) electrons. The Hall–Kier alpha value is -3.98. The number of aromatic hydroxyl groups is 2. The summed E-state index contributed by atoms with van der Waals surface area (Å²) >= 11 is 0. The average Bonchev–Trinajstić information content (AvgIpc) is 2.85. The van der Waals surface area contributed by atoms with E-state index in [-0.39, 0.29) is 34.7 Å². The molecule has 182 valence electrons. The van der Waals surface area contributed by atoms with Crippen LogP contribution in [0.4, 0.5) is 11.4 Å². The zero-order valence-electron chi connectivity index (χ0n) is 20.2. The number of likely N-dealkylation sites (N-methyl/N-ethyl adjacent to an activating group) is 1. The summed E-state index contributed by atoms with van der Waals surface area (Å²) in [5, 5.41) is 38.8. The number of phenolic OH excluding ortho intramolecular Hbond substituents is 2. The summed E-state index contributed by atoms with van der Waals surface area (Å²) in [5.41, 5.74) is 2.78. The molecule has 2 aromatic carbocycles. The first-order chi connectivity index (χ1) is 16.8. The molecule has 1 aliphatic heterocycles. The van der Waals surface area contributed by atoms with Crippen LogP contribution < -0.4 is 9.80 Å². The van der Waals surface area contributed by atoms with Crippen LogP contribution in [-0.2, 0) is 0 Å². The highest BCUT2D eigenvalue weighted by atomic mass is 16.3. The van der Waals surface area contributed by atoms with Gasteiger partial charge in [0.1, 0.15) is 23.0 Å². The second kappa shape index (κ2) is 10.1. The molecule has 4 rings (SSSR count). The smallest absolute Gasteiger partial charge is 0.159 e. The minimum Gasteiger partial charge on any atom is -0.508 e. The Morgan fingerprint density at radius 3 is 2.23 bits per heavy atom. The Bertz CT molecular complexity index is 1200. The van der Waals surface area contributed by atoms with Gasteiger partial charge in [0, 0.05) is 56.0 Å². The number of benzene rings is 2. The third-order valence-corrected chi connectivity index (χ3v) is 6.25. The van der Waals surface area contributed by atoms with Crippen molar-refractivity contribution in [3.63, 3.8) is 0 Å². The highest BCUT2D eigenvalue weighted by Crippen LogP contribution is 2.34. The van der Waals surface area contributed by atoms with Crippen LogP contribution in [0, 0.1) is 10.8 Å². The molecule has 0 bridgehead atoms. The van der Waals surface area contributed by atoms with Crippen molar-refractivity contribution < 1.29 is 10.2 Å². The third kappa shape index (κ3) is 5.09. The maximum atomic E-state index is 10.6. The molecule has 2 heterocycles. The molecule has 0 atom stereocenters. The van der Waals surface area contributed by atoms with Gasteiger partial charge in [0.15, 0.2) is 5.84 Å². The van der Waals surface area contributed by atoms with Crippen LogP contribution >= 0.6 is 0 Å². The average molecular weight is 474 g/mol. The van der Waals surface area contributed by atoms with Gasteiger partial charge in [-0.15, -0.1) is 0 Å². The monoisotopic (exact) mass is 473 g/mol. The van der Waals surface area contributed by atoms with Crippen LogP contribution in [0.25, 0.3) is 0 Å². The Kier molecular flexibility index (Phi) is 6.97. The summed E-state index contributed by atoms with van der Waals surface area (Å²) in [6, 6.07) is 10.6. The number of rotatable bonds is 5. The standard InChI is InChI=1S/C26H31N7O2/c1-17(2)20-14-21(24(35)15-23(20)34)25(27)33(26(28)22-16-29-8-9-30-22)19-6-4-18(5-7-19)32-12-10-31(3)11-13-32/h4-9,14-17,27-28,34-35H,10-13H2,1-3H3. The number of hydrogen-bond acceptors (Lipinski definition) is 8.